The van der Waals surface area contributed by atoms with Crippen LogP contribution >= 0.6 is 23.2 Å². The van der Waals surface area contributed by atoms with E-state index in [1.165, 1.54) is 12.1 Å². The molecule has 5 nitrogen and oxygen atoms in total. The molecule has 1 aromatic heterocycles. The van der Waals surface area contributed by atoms with E-state index in [1.807, 2.05) is 0 Å². The minimum absolute atomic E-state index is 0.0954. The van der Waals surface area contributed by atoms with Gasteiger partial charge in [-0.3, -0.25) is 9.36 Å². The van der Waals surface area contributed by atoms with Crippen LogP contribution in [0.4, 0.5) is 13.2 Å². The van der Waals surface area contributed by atoms with Gasteiger partial charge in [-0.15, -0.1) is 0 Å². The molecule has 0 radical (unpaired) electrons. The quantitative estimate of drug-likeness (QED) is 0.884. The summed E-state index contributed by atoms with van der Waals surface area (Å²) in [5.74, 6) is 0. The van der Waals surface area contributed by atoms with Crippen molar-refractivity contribution in [3.63, 3.8) is 0 Å². The zero-order valence-corrected chi connectivity index (χ0v) is 13.0. The van der Waals surface area contributed by atoms with E-state index >= 15 is 0 Å². The molecule has 0 unspecified atom stereocenters. The second kappa shape index (κ2) is 6.03. The third-order valence-corrected chi connectivity index (χ3v) is 3.79. The Hall–Kier alpha value is -1.77. The molecule has 0 amide bonds. The lowest BCUT2D eigenvalue weighted by Crippen LogP contribution is -2.40. The Morgan fingerprint density at radius 2 is 1.74 bits per heavy atom. The van der Waals surface area contributed by atoms with Gasteiger partial charge in [-0.1, -0.05) is 23.2 Å². The highest BCUT2D eigenvalue weighted by molar-refractivity contribution is 6.36. The Labute approximate surface area is 137 Å². The van der Waals surface area contributed by atoms with Crippen LogP contribution in [0.1, 0.15) is 11.3 Å². The Bertz CT molecular complexity index is 888. The van der Waals surface area contributed by atoms with Crippen LogP contribution in [-0.2, 0) is 19.8 Å². The summed E-state index contributed by atoms with van der Waals surface area (Å²) in [4.78, 5) is 24.2. The first-order valence-corrected chi connectivity index (χ1v) is 6.83. The number of benzene rings is 1. The Morgan fingerprint density at radius 3 is 2.26 bits per heavy atom. The van der Waals surface area contributed by atoms with Crippen molar-refractivity contribution in [1.29, 1.82) is 0 Å². The molecule has 0 saturated heterocycles. The maximum absolute atomic E-state index is 12.8. The van der Waals surface area contributed by atoms with Gasteiger partial charge in [0.25, 0.3) is 5.56 Å². The maximum atomic E-state index is 12.8. The Kier molecular flexibility index (Phi) is 4.61. The van der Waals surface area contributed by atoms with Crippen molar-refractivity contribution in [1.82, 2.24) is 9.13 Å². The highest BCUT2D eigenvalue weighted by Crippen LogP contribution is 2.29. The number of aromatic nitrogens is 2. The van der Waals surface area contributed by atoms with E-state index in [-0.39, 0.29) is 21.3 Å². The van der Waals surface area contributed by atoms with Crippen LogP contribution in [-0.4, -0.2) is 14.2 Å². The molecule has 124 valence electrons. The van der Waals surface area contributed by atoms with Gasteiger partial charge in [0.1, 0.15) is 5.69 Å². The summed E-state index contributed by atoms with van der Waals surface area (Å²) in [6, 6.07) is 2.65. The summed E-state index contributed by atoms with van der Waals surface area (Å²) >= 11 is 11.7. The van der Waals surface area contributed by atoms with Gasteiger partial charge in [0, 0.05) is 18.1 Å². The molecule has 0 bridgehead atoms. The Balaban J connectivity index is 2.84. The standard InChI is InChI=1S/C13H9Cl2F3N2O3/c1-19-10(13(16,17)18)4-11(22)20(12(19)23)9-2-6(5-21)7(14)3-8(9)15/h2-4,21H,5H2,1H3. The molecule has 23 heavy (non-hydrogen) atoms. The van der Waals surface area contributed by atoms with Gasteiger partial charge >= 0.3 is 11.9 Å². The van der Waals surface area contributed by atoms with Crippen LogP contribution in [0.3, 0.4) is 0 Å². The van der Waals surface area contributed by atoms with Gasteiger partial charge in [-0.2, -0.15) is 13.2 Å². The van der Waals surface area contributed by atoms with E-state index in [9.17, 15) is 27.9 Å². The van der Waals surface area contributed by atoms with Crippen LogP contribution in [0.2, 0.25) is 10.0 Å². The zero-order chi connectivity index (χ0) is 17.5. The van der Waals surface area contributed by atoms with Gasteiger partial charge in [-0.25, -0.2) is 9.36 Å². The molecule has 10 heteroatoms. The monoisotopic (exact) mass is 368 g/mol. The zero-order valence-electron chi connectivity index (χ0n) is 11.5. The van der Waals surface area contributed by atoms with Crippen LogP contribution in [0, 0.1) is 0 Å². The normalized spacial score (nSPS) is 11.8. The highest BCUT2D eigenvalue weighted by Gasteiger charge is 2.35. The number of alkyl halides is 3. The summed E-state index contributed by atoms with van der Waals surface area (Å²) in [6.07, 6.45) is -4.85. The molecule has 2 aromatic rings. The molecule has 0 aliphatic rings. The van der Waals surface area contributed by atoms with Crippen molar-refractivity contribution in [2.45, 2.75) is 12.8 Å². The molecule has 1 heterocycles. The first-order valence-electron chi connectivity index (χ1n) is 6.07. The number of hydrogen-bond donors (Lipinski definition) is 1. The smallest absolute Gasteiger partial charge is 0.392 e. The fourth-order valence-corrected chi connectivity index (χ4v) is 2.52. The molecule has 1 N–H and O–H groups in total. The van der Waals surface area contributed by atoms with E-state index in [4.69, 9.17) is 23.2 Å². The van der Waals surface area contributed by atoms with Crippen molar-refractivity contribution in [3.8, 4) is 5.69 Å². The van der Waals surface area contributed by atoms with Crippen molar-refractivity contribution < 1.29 is 18.3 Å². The second-order valence-corrected chi connectivity index (χ2v) is 5.41. The van der Waals surface area contributed by atoms with Gasteiger partial charge in [-0.05, 0) is 17.7 Å². The molecule has 0 aliphatic heterocycles. The Morgan fingerprint density at radius 1 is 1.13 bits per heavy atom. The lowest BCUT2D eigenvalue weighted by atomic mass is 10.2. The molecule has 2 rings (SSSR count). The third kappa shape index (κ3) is 3.15. The minimum atomic E-state index is -4.85. The van der Waals surface area contributed by atoms with Crippen molar-refractivity contribution in [3.05, 3.63) is 60.3 Å². The number of nitrogens with zero attached hydrogens (tertiary/aromatic N) is 2. The molecule has 0 saturated carbocycles. The summed E-state index contributed by atoms with van der Waals surface area (Å²) in [5, 5.41) is 9.15. The topological polar surface area (TPSA) is 64.2 Å². The van der Waals surface area contributed by atoms with Gasteiger partial charge in [0.2, 0.25) is 0 Å². The predicted molar refractivity (Wildman–Crippen MR) is 78.2 cm³/mol. The second-order valence-electron chi connectivity index (χ2n) is 4.60. The lowest BCUT2D eigenvalue weighted by Gasteiger charge is -2.15. The predicted octanol–water partition coefficient (Wildman–Crippen LogP) is 2.35. The van der Waals surface area contributed by atoms with Crippen molar-refractivity contribution >= 4 is 23.2 Å². The fraction of sp³-hybridized carbons (Fsp3) is 0.231. The van der Waals surface area contributed by atoms with Crippen LogP contribution in [0.5, 0.6) is 0 Å². The summed E-state index contributed by atoms with van der Waals surface area (Å²) in [7, 11) is 0.887. The first kappa shape index (κ1) is 17.6. The fourth-order valence-electron chi connectivity index (χ4n) is 1.99. The number of aliphatic hydroxyl groups excluding tert-OH is 1. The van der Waals surface area contributed by atoms with Crippen molar-refractivity contribution in [2.24, 2.45) is 7.05 Å². The third-order valence-electron chi connectivity index (χ3n) is 3.14. The van der Waals surface area contributed by atoms with Gasteiger partial charge in [0.15, 0.2) is 0 Å². The summed E-state index contributed by atoms with van der Waals surface area (Å²) < 4.78 is 39.2. The molecule has 0 spiro atoms. The summed E-state index contributed by atoms with van der Waals surface area (Å²) in [5.41, 5.74) is -3.80. The molecule has 1 aromatic carbocycles. The maximum Gasteiger partial charge on any atom is 0.431 e. The first-order chi connectivity index (χ1) is 10.6. The lowest BCUT2D eigenvalue weighted by molar-refractivity contribution is -0.144. The SMILES string of the molecule is Cn1c(C(F)(F)F)cc(=O)n(-c2cc(CO)c(Cl)cc2Cl)c1=O. The van der Waals surface area contributed by atoms with Gasteiger partial charge in [0.05, 0.1) is 17.3 Å². The molecule has 0 fully saturated rings. The molecular formula is C13H9Cl2F3N2O3. The number of hydrogen-bond acceptors (Lipinski definition) is 3. The average Bonchev–Trinajstić information content (AvgIpc) is 2.44. The molecular weight excluding hydrogens is 360 g/mol. The highest BCUT2D eigenvalue weighted by atomic mass is 35.5. The van der Waals surface area contributed by atoms with Crippen LogP contribution in [0.25, 0.3) is 5.69 Å². The average molecular weight is 369 g/mol. The van der Waals surface area contributed by atoms with E-state index in [1.54, 1.807) is 0 Å². The van der Waals surface area contributed by atoms with Crippen molar-refractivity contribution in [2.75, 3.05) is 0 Å². The van der Waals surface area contributed by atoms with E-state index in [0.717, 1.165) is 7.05 Å². The van der Waals surface area contributed by atoms with E-state index < -0.39 is 29.7 Å². The van der Waals surface area contributed by atoms with Gasteiger partial charge < -0.3 is 5.11 Å². The molecule has 0 atom stereocenters. The minimum Gasteiger partial charge on any atom is -0.392 e. The number of aliphatic hydroxyl groups is 1. The largest absolute Gasteiger partial charge is 0.431 e. The van der Waals surface area contributed by atoms with Crippen LogP contribution in [0.15, 0.2) is 27.8 Å². The number of rotatable bonds is 2. The van der Waals surface area contributed by atoms with Crippen LogP contribution < -0.4 is 11.2 Å². The summed E-state index contributed by atoms with van der Waals surface area (Å²) in [6.45, 7) is -0.501. The number of halogens is 5. The molecule has 0 aliphatic carbocycles. The van der Waals surface area contributed by atoms with E-state index in [2.05, 4.69) is 0 Å². The van der Waals surface area contributed by atoms with E-state index in [0.29, 0.717) is 15.2 Å².